The van der Waals surface area contributed by atoms with Crippen LogP contribution in [0.15, 0.2) is 10.7 Å². The van der Waals surface area contributed by atoms with Crippen molar-refractivity contribution in [3.05, 3.63) is 40.7 Å². The highest BCUT2D eigenvalue weighted by atomic mass is 19.2. The molecule has 0 spiro atoms. The molecule has 8 heteroatoms. The summed E-state index contributed by atoms with van der Waals surface area (Å²) >= 11 is 0. The zero-order valence-electron chi connectivity index (χ0n) is 9.10. The summed E-state index contributed by atoms with van der Waals surface area (Å²) in [5.41, 5.74) is -0.214. The molecule has 0 radical (unpaired) electrons. The summed E-state index contributed by atoms with van der Waals surface area (Å²) < 4.78 is 56.7. The van der Waals surface area contributed by atoms with E-state index in [9.17, 15) is 17.6 Å². The molecule has 2 aromatic rings. The van der Waals surface area contributed by atoms with E-state index in [4.69, 9.17) is 0 Å². The van der Waals surface area contributed by atoms with Gasteiger partial charge in [-0.05, 0) is 6.92 Å². The van der Waals surface area contributed by atoms with Crippen molar-refractivity contribution < 1.29 is 22.2 Å². The van der Waals surface area contributed by atoms with Gasteiger partial charge in [0.15, 0.2) is 23.3 Å². The van der Waals surface area contributed by atoms with Crippen LogP contribution in [0.1, 0.15) is 11.4 Å². The minimum atomic E-state index is -1.50. The Hall–Kier alpha value is -2.12. The first-order valence-corrected chi connectivity index (χ1v) is 4.85. The van der Waals surface area contributed by atoms with Gasteiger partial charge in [-0.3, -0.25) is 0 Å². The minimum Gasteiger partial charge on any atom is -0.374 e. The van der Waals surface area contributed by atoms with Crippen molar-refractivity contribution in [2.45, 2.75) is 13.5 Å². The summed E-state index contributed by atoms with van der Waals surface area (Å²) in [7, 11) is 0. The third-order valence-electron chi connectivity index (χ3n) is 2.29. The molecule has 0 aliphatic carbocycles. The molecule has 96 valence electrons. The molecule has 18 heavy (non-hydrogen) atoms. The van der Waals surface area contributed by atoms with E-state index in [1.807, 2.05) is 0 Å². The molecule has 1 heterocycles. The van der Waals surface area contributed by atoms with Gasteiger partial charge in [0, 0.05) is 6.07 Å². The quantitative estimate of drug-likeness (QED) is 0.681. The second-order valence-corrected chi connectivity index (χ2v) is 3.49. The number of benzene rings is 1. The molecule has 0 saturated heterocycles. The van der Waals surface area contributed by atoms with E-state index < -0.39 is 29.0 Å². The number of hydrogen-bond acceptors (Lipinski definition) is 4. The van der Waals surface area contributed by atoms with Gasteiger partial charge in [-0.25, -0.2) is 22.2 Å². The standard InChI is InChI=1S/C10H7F4N3O/c1-4-7(17-18-16-4)3-15-10-8(13)5(11)2-6(12)9(10)14/h2,15H,3H2,1H3. The van der Waals surface area contributed by atoms with Crippen LogP contribution in [0.3, 0.4) is 0 Å². The fraction of sp³-hybridized carbons (Fsp3) is 0.200. The van der Waals surface area contributed by atoms with Crippen molar-refractivity contribution in [3.63, 3.8) is 0 Å². The van der Waals surface area contributed by atoms with Crippen molar-refractivity contribution in [3.8, 4) is 0 Å². The molecule has 0 unspecified atom stereocenters. The molecule has 0 bridgehead atoms. The van der Waals surface area contributed by atoms with Gasteiger partial charge in [-0.15, -0.1) is 0 Å². The van der Waals surface area contributed by atoms with Gasteiger partial charge in [0.25, 0.3) is 0 Å². The van der Waals surface area contributed by atoms with Gasteiger partial charge >= 0.3 is 0 Å². The van der Waals surface area contributed by atoms with Gasteiger partial charge in [-0.2, -0.15) is 0 Å². The fourth-order valence-corrected chi connectivity index (χ4v) is 1.31. The molecule has 4 nitrogen and oxygen atoms in total. The zero-order valence-corrected chi connectivity index (χ0v) is 9.10. The molecule has 0 atom stereocenters. The van der Waals surface area contributed by atoms with Crippen molar-refractivity contribution in [2.24, 2.45) is 0 Å². The van der Waals surface area contributed by atoms with Crippen LogP contribution in [0.25, 0.3) is 0 Å². The summed E-state index contributed by atoms with van der Waals surface area (Å²) in [4.78, 5) is 0. The van der Waals surface area contributed by atoms with E-state index in [2.05, 4.69) is 20.3 Å². The predicted octanol–water partition coefficient (Wildman–Crippen LogP) is 2.55. The maximum atomic E-state index is 13.3. The molecular weight excluding hydrogens is 254 g/mol. The van der Waals surface area contributed by atoms with E-state index >= 15 is 0 Å². The monoisotopic (exact) mass is 261 g/mol. The van der Waals surface area contributed by atoms with Crippen molar-refractivity contribution in [2.75, 3.05) is 5.32 Å². The smallest absolute Gasteiger partial charge is 0.185 e. The van der Waals surface area contributed by atoms with Crippen LogP contribution in [0.4, 0.5) is 23.2 Å². The Kier molecular flexibility index (Phi) is 3.17. The maximum absolute atomic E-state index is 13.3. The Bertz CT molecular complexity index is 558. The highest BCUT2D eigenvalue weighted by Gasteiger charge is 2.19. The largest absolute Gasteiger partial charge is 0.374 e. The number of nitrogens with zero attached hydrogens (tertiary/aromatic N) is 2. The normalized spacial score (nSPS) is 10.7. The average Bonchev–Trinajstić information content (AvgIpc) is 2.73. The van der Waals surface area contributed by atoms with Crippen LogP contribution in [0.5, 0.6) is 0 Å². The molecule has 0 aliphatic heterocycles. The second-order valence-electron chi connectivity index (χ2n) is 3.49. The number of anilines is 1. The highest BCUT2D eigenvalue weighted by molar-refractivity contribution is 5.47. The molecule has 1 aromatic carbocycles. The van der Waals surface area contributed by atoms with Crippen molar-refractivity contribution >= 4 is 5.69 Å². The number of rotatable bonds is 3. The Morgan fingerprint density at radius 2 is 1.72 bits per heavy atom. The number of nitrogens with one attached hydrogen (secondary N) is 1. The SMILES string of the molecule is Cc1nonc1CNc1c(F)c(F)cc(F)c1F. The van der Waals surface area contributed by atoms with Crippen LogP contribution < -0.4 is 5.32 Å². The summed E-state index contributed by atoms with van der Waals surface area (Å²) in [6.07, 6.45) is 0. The minimum absolute atomic E-state index is 0.138. The third kappa shape index (κ3) is 2.13. The molecule has 1 aromatic heterocycles. The number of halogens is 4. The van der Waals surface area contributed by atoms with Gasteiger partial charge < -0.3 is 5.32 Å². The van der Waals surface area contributed by atoms with Gasteiger partial charge in [0.1, 0.15) is 17.1 Å². The van der Waals surface area contributed by atoms with E-state index in [1.54, 1.807) is 6.92 Å². The van der Waals surface area contributed by atoms with Gasteiger partial charge in [-0.1, -0.05) is 10.3 Å². The van der Waals surface area contributed by atoms with Crippen LogP contribution in [0.2, 0.25) is 0 Å². The first-order chi connectivity index (χ1) is 8.50. The summed E-state index contributed by atoms with van der Waals surface area (Å²) in [5.74, 6) is -5.95. The van der Waals surface area contributed by atoms with Crippen LogP contribution in [0, 0.1) is 30.2 Å². The molecule has 2 rings (SSSR count). The van der Waals surface area contributed by atoms with Crippen LogP contribution in [-0.2, 0) is 6.54 Å². The lowest BCUT2D eigenvalue weighted by Gasteiger charge is -2.08. The van der Waals surface area contributed by atoms with E-state index in [0.29, 0.717) is 5.69 Å². The Morgan fingerprint density at radius 3 is 2.22 bits per heavy atom. The maximum Gasteiger partial charge on any atom is 0.185 e. The fourth-order valence-electron chi connectivity index (χ4n) is 1.31. The number of hydrogen-bond donors (Lipinski definition) is 1. The number of aromatic nitrogens is 2. The molecule has 0 amide bonds. The Labute approximate surface area is 98.6 Å². The van der Waals surface area contributed by atoms with Gasteiger partial charge in [0.2, 0.25) is 0 Å². The van der Waals surface area contributed by atoms with Crippen molar-refractivity contribution in [1.82, 2.24) is 10.3 Å². The lowest BCUT2D eigenvalue weighted by molar-refractivity contribution is 0.301. The third-order valence-corrected chi connectivity index (χ3v) is 2.29. The Balaban J connectivity index is 2.27. The van der Waals surface area contributed by atoms with E-state index in [0.717, 1.165) is 0 Å². The van der Waals surface area contributed by atoms with E-state index in [1.165, 1.54) is 0 Å². The molecular formula is C10H7F4N3O. The topological polar surface area (TPSA) is 51.0 Å². The van der Waals surface area contributed by atoms with Gasteiger partial charge in [0.05, 0.1) is 6.54 Å². The summed E-state index contributed by atoms with van der Waals surface area (Å²) in [6, 6.07) is 0.138. The first-order valence-electron chi connectivity index (χ1n) is 4.85. The highest BCUT2D eigenvalue weighted by Crippen LogP contribution is 2.24. The summed E-state index contributed by atoms with van der Waals surface area (Å²) in [6.45, 7) is 1.39. The molecule has 0 fully saturated rings. The van der Waals surface area contributed by atoms with Crippen molar-refractivity contribution in [1.29, 1.82) is 0 Å². The second kappa shape index (κ2) is 4.63. The number of aryl methyl sites for hydroxylation is 1. The summed E-state index contributed by atoms with van der Waals surface area (Å²) in [5, 5.41) is 9.11. The average molecular weight is 261 g/mol. The molecule has 1 N–H and O–H groups in total. The lowest BCUT2D eigenvalue weighted by atomic mass is 10.2. The Morgan fingerprint density at radius 1 is 1.11 bits per heavy atom. The molecule has 0 saturated carbocycles. The predicted molar refractivity (Wildman–Crippen MR) is 52.6 cm³/mol. The van der Waals surface area contributed by atoms with E-state index in [-0.39, 0.29) is 18.3 Å². The molecule has 0 aliphatic rings. The zero-order chi connectivity index (χ0) is 13.3. The first kappa shape index (κ1) is 12.3. The lowest BCUT2D eigenvalue weighted by Crippen LogP contribution is -2.08. The van der Waals surface area contributed by atoms with Crippen LogP contribution >= 0.6 is 0 Å². The van der Waals surface area contributed by atoms with Crippen LogP contribution in [-0.4, -0.2) is 10.3 Å².